The lowest BCUT2D eigenvalue weighted by Gasteiger charge is -2.56. The fourth-order valence-corrected chi connectivity index (χ4v) is 5.72. The molecule has 2 aliphatic rings. The number of carbonyl (C=O) groups is 1. The first-order valence-electron chi connectivity index (χ1n) is 6.80. The van der Waals surface area contributed by atoms with E-state index in [9.17, 15) is 4.79 Å². The third kappa shape index (κ3) is 3.05. The van der Waals surface area contributed by atoms with Gasteiger partial charge in [-0.05, 0) is 65.9 Å². The molecule has 0 aliphatic heterocycles. The average molecular weight is 257 g/mol. The molecule has 2 fully saturated rings. The van der Waals surface area contributed by atoms with Crippen LogP contribution in [-0.2, 0) is 4.79 Å². The van der Waals surface area contributed by atoms with Crippen molar-refractivity contribution in [2.75, 3.05) is 0 Å². The van der Waals surface area contributed by atoms with E-state index in [4.69, 9.17) is 11.6 Å². The summed E-state index contributed by atoms with van der Waals surface area (Å²) in [4.78, 5) is 11.2. The van der Waals surface area contributed by atoms with Crippen LogP contribution in [0.15, 0.2) is 0 Å². The number of carbonyl (C=O) groups excluding carboxylic acids is 1. The molecule has 0 N–H and O–H groups in total. The highest BCUT2D eigenvalue weighted by atomic mass is 35.5. The fraction of sp³-hybridized carbons (Fsp3) is 0.933. The SMILES string of the molecule is CC1(C)CC2CC(C)(CC(=O)Cl)CC(C)(C2)C1. The third-order valence-corrected chi connectivity index (χ3v) is 4.86. The van der Waals surface area contributed by atoms with Crippen molar-refractivity contribution in [2.45, 2.75) is 66.2 Å². The van der Waals surface area contributed by atoms with Gasteiger partial charge in [0.1, 0.15) is 0 Å². The van der Waals surface area contributed by atoms with E-state index in [1.807, 2.05) is 0 Å². The quantitative estimate of drug-likeness (QED) is 0.650. The molecule has 0 aromatic heterocycles. The summed E-state index contributed by atoms with van der Waals surface area (Å²) in [6.07, 6.45) is 6.86. The van der Waals surface area contributed by atoms with Gasteiger partial charge in [0.15, 0.2) is 0 Å². The molecule has 0 radical (unpaired) electrons. The minimum Gasteiger partial charge on any atom is -0.281 e. The van der Waals surface area contributed by atoms with Gasteiger partial charge in [0.05, 0.1) is 0 Å². The van der Waals surface area contributed by atoms with E-state index in [1.165, 1.54) is 32.1 Å². The molecular weight excluding hydrogens is 232 g/mol. The van der Waals surface area contributed by atoms with Crippen molar-refractivity contribution in [3.8, 4) is 0 Å². The zero-order chi connectivity index (χ0) is 12.9. The van der Waals surface area contributed by atoms with E-state index in [1.54, 1.807) is 0 Å². The van der Waals surface area contributed by atoms with E-state index >= 15 is 0 Å². The summed E-state index contributed by atoms with van der Waals surface area (Å²) in [6, 6.07) is 0. The first-order chi connectivity index (χ1) is 7.62. The van der Waals surface area contributed by atoms with Gasteiger partial charge >= 0.3 is 0 Å². The van der Waals surface area contributed by atoms with Gasteiger partial charge in [0, 0.05) is 6.42 Å². The van der Waals surface area contributed by atoms with E-state index in [0.29, 0.717) is 17.3 Å². The Morgan fingerprint density at radius 2 is 1.76 bits per heavy atom. The van der Waals surface area contributed by atoms with Crippen LogP contribution in [0.4, 0.5) is 0 Å². The summed E-state index contributed by atoms with van der Waals surface area (Å²) >= 11 is 5.62. The Bertz CT molecular complexity index is 334. The molecule has 0 aromatic carbocycles. The highest BCUT2D eigenvalue weighted by Crippen LogP contribution is 2.60. The Labute approximate surface area is 110 Å². The Kier molecular flexibility index (Phi) is 3.14. The molecule has 2 saturated carbocycles. The van der Waals surface area contributed by atoms with Crippen LogP contribution in [0.5, 0.6) is 0 Å². The monoisotopic (exact) mass is 256 g/mol. The van der Waals surface area contributed by atoms with Crippen LogP contribution in [0.2, 0.25) is 0 Å². The zero-order valence-electron chi connectivity index (χ0n) is 11.6. The number of hydrogen-bond donors (Lipinski definition) is 0. The van der Waals surface area contributed by atoms with Gasteiger partial charge in [-0.3, -0.25) is 4.79 Å². The molecule has 1 nitrogen and oxygen atoms in total. The largest absolute Gasteiger partial charge is 0.281 e. The number of hydrogen-bond acceptors (Lipinski definition) is 1. The summed E-state index contributed by atoms with van der Waals surface area (Å²) in [5, 5.41) is -0.157. The lowest BCUT2D eigenvalue weighted by Crippen LogP contribution is -2.45. The summed E-state index contributed by atoms with van der Waals surface area (Å²) in [7, 11) is 0. The minimum atomic E-state index is -0.157. The second kappa shape index (κ2) is 3.98. The maximum atomic E-state index is 11.2. The van der Waals surface area contributed by atoms with Crippen molar-refractivity contribution < 1.29 is 4.79 Å². The molecule has 98 valence electrons. The van der Waals surface area contributed by atoms with Crippen molar-refractivity contribution in [1.29, 1.82) is 0 Å². The van der Waals surface area contributed by atoms with E-state index in [-0.39, 0.29) is 10.7 Å². The second-order valence-corrected chi connectivity index (χ2v) is 8.57. The lowest BCUT2D eigenvalue weighted by molar-refractivity contribution is -0.117. The smallest absolute Gasteiger partial charge is 0.222 e. The van der Waals surface area contributed by atoms with E-state index in [2.05, 4.69) is 27.7 Å². The normalized spacial score (nSPS) is 44.4. The average Bonchev–Trinajstić information content (AvgIpc) is 1.90. The Morgan fingerprint density at radius 1 is 1.12 bits per heavy atom. The van der Waals surface area contributed by atoms with E-state index < -0.39 is 0 Å². The Balaban J connectivity index is 2.18. The highest BCUT2D eigenvalue weighted by Gasteiger charge is 2.50. The van der Waals surface area contributed by atoms with Crippen molar-refractivity contribution in [1.82, 2.24) is 0 Å². The first kappa shape index (κ1) is 13.4. The Hall–Kier alpha value is -0.0400. The van der Waals surface area contributed by atoms with Crippen molar-refractivity contribution >= 4 is 16.8 Å². The molecule has 2 aliphatic carbocycles. The standard InChI is InChI=1S/C15H25ClO/c1-13(2)5-11-6-14(3,8-12(16)17)10-15(4,7-11)9-13/h11H,5-10H2,1-4H3. The van der Waals surface area contributed by atoms with Crippen molar-refractivity contribution in [2.24, 2.45) is 22.2 Å². The molecule has 0 spiro atoms. The predicted molar refractivity (Wildman–Crippen MR) is 72.0 cm³/mol. The minimum absolute atomic E-state index is 0.146. The zero-order valence-corrected chi connectivity index (χ0v) is 12.4. The maximum absolute atomic E-state index is 11.2. The summed E-state index contributed by atoms with van der Waals surface area (Å²) in [6.45, 7) is 9.46. The van der Waals surface area contributed by atoms with E-state index in [0.717, 1.165) is 5.92 Å². The summed E-state index contributed by atoms with van der Waals surface area (Å²) < 4.78 is 0. The second-order valence-electron chi connectivity index (χ2n) is 8.15. The molecule has 0 saturated heterocycles. The number of halogens is 1. The van der Waals surface area contributed by atoms with Crippen LogP contribution in [0.1, 0.15) is 66.2 Å². The van der Waals surface area contributed by atoms with Crippen molar-refractivity contribution in [3.63, 3.8) is 0 Å². The van der Waals surface area contributed by atoms with Gasteiger partial charge in [0.2, 0.25) is 5.24 Å². The molecule has 2 rings (SSSR count). The molecule has 3 unspecified atom stereocenters. The fourth-order valence-electron chi connectivity index (χ4n) is 5.40. The van der Waals surface area contributed by atoms with Crippen LogP contribution in [-0.4, -0.2) is 5.24 Å². The molecule has 0 aromatic rings. The van der Waals surface area contributed by atoms with Gasteiger partial charge < -0.3 is 0 Å². The van der Waals surface area contributed by atoms with Crippen LogP contribution in [0.25, 0.3) is 0 Å². The van der Waals surface area contributed by atoms with Crippen LogP contribution >= 0.6 is 11.6 Å². The first-order valence-corrected chi connectivity index (χ1v) is 7.18. The lowest BCUT2D eigenvalue weighted by atomic mass is 9.49. The van der Waals surface area contributed by atoms with Crippen LogP contribution < -0.4 is 0 Å². The van der Waals surface area contributed by atoms with Gasteiger partial charge in [-0.25, -0.2) is 0 Å². The van der Waals surface area contributed by atoms with Crippen LogP contribution in [0.3, 0.4) is 0 Å². The maximum Gasteiger partial charge on any atom is 0.222 e. The van der Waals surface area contributed by atoms with Gasteiger partial charge in [-0.1, -0.05) is 27.7 Å². The summed E-state index contributed by atoms with van der Waals surface area (Å²) in [5.74, 6) is 0.790. The molecule has 3 atom stereocenters. The third-order valence-electron chi connectivity index (χ3n) is 4.73. The summed E-state index contributed by atoms with van der Waals surface area (Å²) in [5.41, 5.74) is 1.04. The molecule has 2 heteroatoms. The molecular formula is C15H25ClO. The van der Waals surface area contributed by atoms with Crippen LogP contribution in [0, 0.1) is 22.2 Å². The molecule has 0 amide bonds. The number of rotatable bonds is 2. The topological polar surface area (TPSA) is 17.1 Å². The van der Waals surface area contributed by atoms with Crippen molar-refractivity contribution in [3.05, 3.63) is 0 Å². The molecule has 0 heterocycles. The van der Waals surface area contributed by atoms with Gasteiger partial charge in [-0.2, -0.15) is 0 Å². The molecule has 17 heavy (non-hydrogen) atoms. The highest BCUT2D eigenvalue weighted by molar-refractivity contribution is 6.63. The Morgan fingerprint density at radius 3 is 2.29 bits per heavy atom. The molecule has 2 bridgehead atoms. The van der Waals surface area contributed by atoms with Gasteiger partial charge in [-0.15, -0.1) is 0 Å². The predicted octanol–water partition coefficient (Wildman–Crippen LogP) is 4.77. The number of fused-ring (bicyclic) bond motifs is 2. The van der Waals surface area contributed by atoms with Gasteiger partial charge in [0.25, 0.3) is 0 Å².